The first-order chi connectivity index (χ1) is 17.6. The molecular weight excluding hydrogens is 469 g/mol. The van der Waals surface area contributed by atoms with Crippen LogP contribution in [0.3, 0.4) is 0 Å². The summed E-state index contributed by atoms with van der Waals surface area (Å²) < 4.78 is 19.9. The van der Waals surface area contributed by atoms with Crippen LogP contribution in [0.25, 0.3) is 21.9 Å². The van der Waals surface area contributed by atoms with Gasteiger partial charge in [-0.25, -0.2) is 4.39 Å². The maximum Gasteiger partial charge on any atom is 0.194 e. The second kappa shape index (κ2) is 11.3. The highest BCUT2D eigenvalue weighted by Crippen LogP contribution is 2.37. The molecular formula is C31H30FNO2S. The molecule has 0 bridgehead atoms. The summed E-state index contributed by atoms with van der Waals surface area (Å²) in [7, 11) is 0. The van der Waals surface area contributed by atoms with Crippen LogP contribution in [-0.2, 0) is 0 Å². The molecule has 0 aromatic heterocycles. The quantitative estimate of drug-likeness (QED) is 0.186. The monoisotopic (exact) mass is 499 g/mol. The number of hydrogen-bond donors (Lipinski definition) is 0. The van der Waals surface area contributed by atoms with Crippen molar-refractivity contribution < 1.29 is 13.9 Å². The number of halogens is 1. The van der Waals surface area contributed by atoms with Gasteiger partial charge in [-0.1, -0.05) is 48.9 Å². The number of hydrogen-bond acceptors (Lipinski definition) is 4. The molecule has 3 nitrogen and oxygen atoms in total. The third kappa shape index (κ3) is 5.32. The molecule has 5 heteroatoms. The van der Waals surface area contributed by atoms with Gasteiger partial charge in [-0.3, -0.25) is 9.69 Å². The minimum Gasteiger partial charge on any atom is -0.492 e. The van der Waals surface area contributed by atoms with Gasteiger partial charge >= 0.3 is 0 Å². The lowest BCUT2D eigenvalue weighted by Gasteiger charge is -2.26. The van der Waals surface area contributed by atoms with Gasteiger partial charge in [-0.15, -0.1) is 11.8 Å². The number of thioether (sulfide) groups is 1. The maximum absolute atomic E-state index is 14.0. The predicted molar refractivity (Wildman–Crippen MR) is 147 cm³/mol. The summed E-state index contributed by atoms with van der Waals surface area (Å²) in [6.45, 7) is 3.87. The lowest BCUT2D eigenvalue weighted by Crippen LogP contribution is -2.33. The topological polar surface area (TPSA) is 29.5 Å². The summed E-state index contributed by atoms with van der Waals surface area (Å²) in [5.41, 5.74) is 2.90. The second-order valence-electron chi connectivity index (χ2n) is 9.16. The lowest BCUT2D eigenvalue weighted by atomic mass is 9.89. The van der Waals surface area contributed by atoms with Crippen LogP contribution in [0.5, 0.6) is 5.75 Å². The molecule has 4 aromatic carbocycles. The fourth-order valence-electron chi connectivity index (χ4n) is 4.95. The number of likely N-dealkylation sites (tertiary alicyclic amines) is 1. The van der Waals surface area contributed by atoms with E-state index in [1.807, 2.05) is 66.9 Å². The van der Waals surface area contributed by atoms with E-state index in [1.165, 1.54) is 43.2 Å². The maximum atomic E-state index is 14.0. The molecule has 1 saturated heterocycles. The first-order valence-corrected chi connectivity index (χ1v) is 13.7. The van der Waals surface area contributed by atoms with Gasteiger partial charge in [-0.05, 0) is 90.5 Å². The van der Waals surface area contributed by atoms with Crippen molar-refractivity contribution in [1.29, 1.82) is 0 Å². The van der Waals surface area contributed by atoms with Crippen molar-refractivity contribution in [2.24, 2.45) is 0 Å². The fourth-order valence-corrected chi connectivity index (χ4v) is 5.58. The second-order valence-corrected chi connectivity index (χ2v) is 10.0. The normalized spacial score (nSPS) is 14.2. The number of carbonyl (C=O) groups excluding carboxylic acids is 1. The van der Waals surface area contributed by atoms with Crippen LogP contribution >= 0.6 is 11.8 Å². The molecule has 4 aromatic rings. The number of fused-ring (bicyclic) bond motifs is 1. The van der Waals surface area contributed by atoms with Crippen LogP contribution in [0.4, 0.5) is 4.39 Å². The van der Waals surface area contributed by atoms with Crippen molar-refractivity contribution in [2.75, 3.05) is 32.5 Å². The molecule has 1 fully saturated rings. The van der Waals surface area contributed by atoms with E-state index in [2.05, 4.69) is 4.90 Å². The van der Waals surface area contributed by atoms with Crippen LogP contribution < -0.4 is 4.74 Å². The van der Waals surface area contributed by atoms with Crippen LogP contribution in [0, 0.1) is 5.82 Å². The Morgan fingerprint density at radius 2 is 1.67 bits per heavy atom. The zero-order valence-electron chi connectivity index (χ0n) is 20.5. The Bertz CT molecular complexity index is 1360. The first-order valence-electron chi connectivity index (χ1n) is 12.5. The molecule has 1 aliphatic rings. The van der Waals surface area contributed by atoms with Gasteiger partial charge < -0.3 is 4.74 Å². The number of rotatable bonds is 8. The van der Waals surface area contributed by atoms with E-state index in [4.69, 9.17) is 4.74 Å². The third-order valence-electron chi connectivity index (χ3n) is 6.85. The molecule has 0 radical (unpaired) electrons. The van der Waals surface area contributed by atoms with Gasteiger partial charge in [0.2, 0.25) is 0 Å². The highest BCUT2D eigenvalue weighted by atomic mass is 32.2. The van der Waals surface area contributed by atoms with E-state index in [0.29, 0.717) is 17.7 Å². The Balaban J connectivity index is 1.44. The number of nitrogens with zero attached hydrogens (tertiary/aromatic N) is 1. The van der Waals surface area contributed by atoms with Crippen molar-refractivity contribution in [3.05, 3.63) is 95.8 Å². The summed E-state index contributed by atoms with van der Waals surface area (Å²) >= 11 is 1.47. The molecule has 0 spiro atoms. The summed E-state index contributed by atoms with van der Waals surface area (Å²) in [5.74, 6) is 0.426. The van der Waals surface area contributed by atoms with Crippen molar-refractivity contribution in [3.63, 3.8) is 0 Å². The number of ketones is 1. The Morgan fingerprint density at radius 1 is 0.917 bits per heavy atom. The van der Waals surface area contributed by atoms with Crippen LogP contribution in [0.1, 0.15) is 35.2 Å². The molecule has 0 atom stereocenters. The molecule has 0 saturated carbocycles. The van der Waals surface area contributed by atoms with Crippen molar-refractivity contribution >= 4 is 28.3 Å². The molecule has 1 heterocycles. The van der Waals surface area contributed by atoms with Crippen LogP contribution in [-0.4, -0.2) is 43.2 Å². The highest BCUT2D eigenvalue weighted by Gasteiger charge is 2.20. The van der Waals surface area contributed by atoms with Crippen molar-refractivity contribution in [3.8, 4) is 16.9 Å². The minimum absolute atomic E-state index is 0.0574. The van der Waals surface area contributed by atoms with E-state index >= 15 is 0 Å². The van der Waals surface area contributed by atoms with E-state index in [-0.39, 0.29) is 11.6 Å². The molecule has 5 rings (SSSR count). The van der Waals surface area contributed by atoms with Crippen LogP contribution in [0.15, 0.2) is 83.8 Å². The summed E-state index contributed by atoms with van der Waals surface area (Å²) in [5, 5.41) is 1.88. The van der Waals surface area contributed by atoms with Crippen molar-refractivity contribution in [1.82, 2.24) is 4.90 Å². The third-order valence-corrected chi connectivity index (χ3v) is 7.63. The lowest BCUT2D eigenvalue weighted by molar-refractivity contribution is 0.104. The molecule has 0 amide bonds. The van der Waals surface area contributed by atoms with Gasteiger partial charge in [-0.2, -0.15) is 0 Å². The fraction of sp³-hybridized carbons (Fsp3) is 0.258. The Labute approximate surface area is 216 Å². The largest absolute Gasteiger partial charge is 0.492 e. The molecule has 184 valence electrons. The summed E-state index contributed by atoms with van der Waals surface area (Å²) in [4.78, 5) is 17.2. The van der Waals surface area contributed by atoms with E-state index in [1.54, 1.807) is 6.07 Å². The number of ether oxygens (including phenoxy) is 1. The number of benzene rings is 4. The standard InChI is InChI=1S/C31H30FNO2S/c1-36-29-21-24(32)12-16-27(29)28-15-11-22-7-3-4-8-26(22)30(28)31(34)23-9-13-25(14-10-23)35-20-19-33-17-5-2-6-18-33/h3-4,7-16,21H,2,5-6,17-20H2,1H3. The zero-order chi connectivity index (χ0) is 24.9. The highest BCUT2D eigenvalue weighted by molar-refractivity contribution is 7.98. The van der Waals surface area contributed by atoms with Gasteiger partial charge in [0.05, 0.1) is 0 Å². The molecule has 36 heavy (non-hydrogen) atoms. The number of carbonyl (C=O) groups is 1. The summed E-state index contributed by atoms with van der Waals surface area (Å²) in [6.07, 6.45) is 5.78. The predicted octanol–water partition coefficient (Wildman–Crippen LogP) is 7.46. The summed E-state index contributed by atoms with van der Waals surface area (Å²) in [6, 6.07) is 24.1. The Kier molecular flexibility index (Phi) is 7.69. The SMILES string of the molecule is CSc1cc(F)ccc1-c1ccc2ccccc2c1C(=O)c1ccc(OCCN2CCCCC2)cc1. The van der Waals surface area contributed by atoms with Gasteiger partial charge in [0, 0.05) is 22.6 Å². The molecule has 1 aliphatic heterocycles. The zero-order valence-corrected chi connectivity index (χ0v) is 21.3. The Morgan fingerprint density at radius 3 is 2.44 bits per heavy atom. The minimum atomic E-state index is -0.285. The molecule has 0 unspecified atom stereocenters. The van der Waals surface area contributed by atoms with Crippen LogP contribution in [0.2, 0.25) is 0 Å². The van der Waals surface area contributed by atoms with E-state index in [9.17, 15) is 9.18 Å². The van der Waals surface area contributed by atoms with E-state index in [0.717, 1.165) is 52.2 Å². The first kappa shape index (κ1) is 24.5. The van der Waals surface area contributed by atoms with Gasteiger partial charge in [0.15, 0.2) is 5.78 Å². The molecule has 0 N–H and O–H groups in total. The number of piperidine rings is 1. The molecule has 0 aliphatic carbocycles. The van der Waals surface area contributed by atoms with Crippen molar-refractivity contribution in [2.45, 2.75) is 24.2 Å². The Hall–Kier alpha value is -3.15. The average molecular weight is 500 g/mol. The van der Waals surface area contributed by atoms with Gasteiger partial charge in [0.1, 0.15) is 18.2 Å². The van der Waals surface area contributed by atoms with Gasteiger partial charge in [0.25, 0.3) is 0 Å². The van der Waals surface area contributed by atoms with E-state index < -0.39 is 0 Å². The smallest absolute Gasteiger partial charge is 0.194 e. The average Bonchev–Trinajstić information content (AvgIpc) is 2.93.